The van der Waals surface area contributed by atoms with Crippen LogP contribution < -0.4 is 0 Å². The Morgan fingerprint density at radius 3 is 2.96 bits per heavy atom. The number of carbonyl (C=O) groups excluding carboxylic acids is 1. The van der Waals surface area contributed by atoms with Crippen LogP contribution in [0.2, 0.25) is 0 Å². The zero-order valence-corrected chi connectivity index (χ0v) is 14.9. The highest BCUT2D eigenvalue weighted by atomic mass is 16.2. The first-order valence-corrected chi connectivity index (χ1v) is 9.36. The largest absolute Gasteiger partial charge is 0.342 e. The molecule has 1 fully saturated rings. The van der Waals surface area contributed by atoms with E-state index in [4.69, 9.17) is 0 Å². The van der Waals surface area contributed by atoms with E-state index in [1.54, 1.807) is 6.20 Å². The number of benzene rings is 1. The smallest absolute Gasteiger partial charge is 0.227 e. The summed E-state index contributed by atoms with van der Waals surface area (Å²) in [5, 5.41) is 0. The summed E-state index contributed by atoms with van der Waals surface area (Å²) in [5.74, 6) is 0.549. The zero-order chi connectivity index (χ0) is 17.2. The fourth-order valence-electron chi connectivity index (χ4n) is 4.15. The van der Waals surface area contributed by atoms with Crippen molar-refractivity contribution in [2.75, 3.05) is 13.1 Å². The van der Waals surface area contributed by atoms with Gasteiger partial charge in [-0.1, -0.05) is 18.2 Å². The molecule has 4 nitrogen and oxygen atoms in total. The van der Waals surface area contributed by atoms with Crippen LogP contribution in [0.1, 0.15) is 53.3 Å². The first-order chi connectivity index (χ1) is 12.2. The number of nitrogens with zero attached hydrogens (tertiary/aromatic N) is 3. The quantitative estimate of drug-likeness (QED) is 0.865. The van der Waals surface area contributed by atoms with Gasteiger partial charge in [-0.05, 0) is 55.7 Å². The fourth-order valence-corrected chi connectivity index (χ4v) is 4.15. The molecule has 1 amide bonds. The highest BCUT2D eigenvalue weighted by Gasteiger charge is 2.26. The second-order valence-corrected chi connectivity index (χ2v) is 7.40. The monoisotopic (exact) mass is 335 g/mol. The maximum absolute atomic E-state index is 12.8. The van der Waals surface area contributed by atoms with Gasteiger partial charge in [0.05, 0.1) is 17.8 Å². The molecule has 0 saturated carbocycles. The van der Waals surface area contributed by atoms with E-state index in [-0.39, 0.29) is 5.91 Å². The third kappa shape index (κ3) is 3.58. The van der Waals surface area contributed by atoms with Gasteiger partial charge in [-0.25, -0.2) is 0 Å². The molecule has 25 heavy (non-hydrogen) atoms. The normalized spacial score (nSPS) is 19.7. The molecule has 4 heteroatoms. The molecular weight excluding hydrogens is 310 g/mol. The third-order valence-corrected chi connectivity index (χ3v) is 5.48. The van der Waals surface area contributed by atoms with Crippen molar-refractivity contribution in [1.82, 2.24) is 14.9 Å². The lowest BCUT2D eigenvalue weighted by atomic mass is 9.94. The molecule has 0 N–H and O–H groups in total. The Labute approximate surface area is 149 Å². The van der Waals surface area contributed by atoms with Crippen molar-refractivity contribution in [2.45, 2.75) is 51.4 Å². The van der Waals surface area contributed by atoms with E-state index in [9.17, 15) is 4.79 Å². The van der Waals surface area contributed by atoms with Crippen molar-refractivity contribution in [3.8, 4) is 0 Å². The van der Waals surface area contributed by atoms with Crippen molar-refractivity contribution in [2.24, 2.45) is 0 Å². The van der Waals surface area contributed by atoms with Gasteiger partial charge in [-0.2, -0.15) is 0 Å². The van der Waals surface area contributed by atoms with Crippen LogP contribution in [0.25, 0.3) is 0 Å². The molecular formula is C21H25N3O. The average Bonchev–Trinajstić information content (AvgIpc) is 3.09. The maximum atomic E-state index is 12.8. The number of amides is 1. The average molecular weight is 335 g/mol. The Hall–Kier alpha value is -2.23. The Morgan fingerprint density at radius 2 is 2.08 bits per heavy atom. The minimum atomic E-state index is 0.239. The van der Waals surface area contributed by atoms with Crippen molar-refractivity contribution in [3.05, 3.63) is 58.7 Å². The Morgan fingerprint density at radius 1 is 1.20 bits per heavy atom. The lowest BCUT2D eigenvalue weighted by Crippen LogP contribution is -2.40. The topological polar surface area (TPSA) is 46.1 Å². The Kier molecular flexibility index (Phi) is 4.51. The highest BCUT2D eigenvalue weighted by molar-refractivity contribution is 5.79. The zero-order valence-electron chi connectivity index (χ0n) is 14.9. The van der Waals surface area contributed by atoms with Crippen molar-refractivity contribution in [1.29, 1.82) is 0 Å². The van der Waals surface area contributed by atoms with Crippen LogP contribution in [0, 0.1) is 6.92 Å². The van der Waals surface area contributed by atoms with Gasteiger partial charge in [-0.15, -0.1) is 0 Å². The standard InChI is InChI=1S/C21H25N3O/c1-15-12-22-13-20(23-15)19-6-3-9-24(14-19)21(25)11-16-7-8-17-4-2-5-18(17)10-16/h7-8,10,12-13,19H,2-6,9,11,14H2,1H3/t19-/m1/s1. The minimum absolute atomic E-state index is 0.239. The van der Waals surface area contributed by atoms with Crippen LogP contribution >= 0.6 is 0 Å². The number of aromatic nitrogens is 2. The first kappa shape index (κ1) is 16.2. The van der Waals surface area contributed by atoms with Crippen LogP contribution in [-0.2, 0) is 24.1 Å². The number of piperidine rings is 1. The van der Waals surface area contributed by atoms with Gasteiger partial charge >= 0.3 is 0 Å². The van der Waals surface area contributed by atoms with Gasteiger partial charge < -0.3 is 4.90 Å². The third-order valence-electron chi connectivity index (χ3n) is 5.48. The van der Waals surface area contributed by atoms with Crippen LogP contribution in [0.4, 0.5) is 0 Å². The van der Waals surface area contributed by atoms with Crippen molar-refractivity contribution in [3.63, 3.8) is 0 Å². The van der Waals surface area contributed by atoms with E-state index in [1.807, 2.05) is 18.0 Å². The summed E-state index contributed by atoms with van der Waals surface area (Å²) in [7, 11) is 0. The molecule has 1 aromatic heterocycles. The molecule has 0 spiro atoms. The molecule has 130 valence electrons. The highest BCUT2D eigenvalue weighted by Crippen LogP contribution is 2.27. The van der Waals surface area contributed by atoms with Crippen LogP contribution in [0.5, 0.6) is 0 Å². The van der Waals surface area contributed by atoms with Gasteiger partial charge in [0.1, 0.15) is 0 Å². The molecule has 0 radical (unpaired) electrons. The molecule has 2 aliphatic rings. The van der Waals surface area contributed by atoms with Gasteiger partial charge in [0.2, 0.25) is 5.91 Å². The predicted molar refractivity (Wildman–Crippen MR) is 97.5 cm³/mol. The molecule has 4 rings (SSSR count). The van der Waals surface area contributed by atoms with E-state index in [0.29, 0.717) is 12.3 Å². The van der Waals surface area contributed by atoms with E-state index < -0.39 is 0 Å². The van der Waals surface area contributed by atoms with E-state index in [1.165, 1.54) is 24.0 Å². The van der Waals surface area contributed by atoms with Gasteiger partial charge in [0.25, 0.3) is 0 Å². The van der Waals surface area contributed by atoms with E-state index in [0.717, 1.165) is 49.3 Å². The Balaban J connectivity index is 1.43. The molecule has 2 aromatic rings. The van der Waals surface area contributed by atoms with Crippen molar-refractivity contribution < 1.29 is 4.79 Å². The van der Waals surface area contributed by atoms with Crippen molar-refractivity contribution >= 4 is 5.91 Å². The summed E-state index contributed by atoms with van der Waals surface area (Å²) in [6.07, 6.45) is 9.87. The van der Waals surface area contributed by atoms with Crippen LogP contribution in [0.3, 0.4) is 0 Å². The number of hydrogen-bond acceptors (Lipinski definition) is 3. The number of fused-ring (bicyclic) bond motifs is 1. The maximum Gasteiger partial charge on any atom is 0.227 e. The minimum Gasteiger partial charge on any atom is -0.342 e. The second kappa shape index (κ2) is 6.95. The van der Waals surface area contributed by atoms with Crippen LogP contribution in [0.15, 0.2) is 30.6 Å². The summed E-state index contributed by atoms with van der Waals surface area (Å²) in [6.45, 7) is 3.59. The lowest BCUT2D eigenvalue weighted by molar-refractivity contribution is -0.131. The summed E-state index contributed by atoms with van der Waals surface area (Å²) < 4.78 is 0. The van der Waals surface area contributed by atoms with Gasteiger partial charge in [-0.3, -0.25) is 14.8 Å². The molecule has 1 aliphatic carbocycles. The second-order valence-electron chi connectivity index (χ2n) is 7.40. The van der Waals surface area contributed by atoms with E-state index in [2.05, 4.69) is 28.2 Å². The van der Waals surface area contributed by atoms with E-state index >= 15 is 0 Å². The molecule has 0 unspecified atom stereocenters. The molecule has 1 atom stereocenters. The predicted octanol–water partition coefficient (Wildman–Crippen LogP) is 3.22. The lowest BCUT2D eigenvalue weighted by Gasteiger charge is -2.32. The van der Waals surface area contributed by atoms with Gasteiger partial charge in [0, 0.05) is 31.4 Å². The molecule has 1 aliphatic heterocycles. The number of hydrogen-bond donors (Lipinski definition) is 0. The van der Waals surface area contributed by atoms with Crippen LogP contribution in [-0.4, -0.2) is 33.9 Å². The summed E-state index contributed by atoms with van der Waals surface area (Å²) in [5.41, 5.74) is 6.03. The Bertz CT molecular complexity index is 786. The number of rotatable bonds is 3. The number of likely N-dealkylation sites (tertiary alicyclic amines) is 1. The summed E-state index contributed by atoms with van der Waals surface area (Å²) >= 11 is 0. The summed E-state index contributed by atoms with van der Waals surface area (Å²) in [4.78, 5) is 23.7. The molecule has 1 aromatic carbocycles. The number of aryl methyl sites for hydroxylation is 3. The fraction of sp³-hybridized carbons (Fsp3) is 0.476. The SMILES string of the molecule is Cc1cncc([C@@H]2CCCN(C(=O)Cc3ccc4c(c3)CCC4)C2)n1. The first-order valence-electron chi connectivity index (χ1n) is 9.36. The number of carbonyl (C=O) groups is 1. The molecule has 2 heterocycles. The van der Waals surface area contributed by atoms with Gasteiger partial charge in [0.15, 0.2) is 0 Å². The summed E-state index contributed by atoms with van der Waals surface area (Å²) in [6, 6.07) is 6.59. The molecule has 0 bridgehead atoms. The molecule has 1 saturated heterocycles.